The minimum absolute atomic E-state index is 0.0182. The number of benzene rings is 2. The van der Waals surface area contributed by atoms with Crippen molar-refractivity contribution in [2.24, 2.45) is 0 Å². The molecule has 4 N–H and O–H groups in total. The molecule has 0 aromatic heterocycles. The summed E-state index contributed by atoms with van der Waals surface area (Å²) in [5.74, 6) is 0. The van der Waals surface area contributed by atoms with Crippen molar-refractivity contribution in [3.63, 3.8) is 0 Å². The Kier molecular flexibility index (Phi) is 9.38. The lowest BCUT2D eigenvalue weighted by Crippen LogP contribution is -2.59. The minimum Gasteiger partial charge on any atom is -0.394 e. The molecule has 2 aromatic rings. The summed E-state index contributed by atoms with van der Waals surface area (Å²) in [6.07, 6.45) is -7.10. The molecule has 1 aliphatic heterocycles. The Hall–Kier alpha value is -1.88. The van der Waals surface area contributed by atoms with Crippen LogP contribution in [0.4, 0.5) is 0 Å². The third kappa shape index (κ3) is 7.06. The third-order valence-corrected chi connectivity index (χ3v) is 5.04. The van der Waals surface area contributed by atoms with Gasteiger partial charge in [0.1, 0.15) is 30.5 Å². The lowest BCUT2D eigenvalue weighted by molar-refractivity contribution is -0.306. The van der Waals surface area contributed by atoms with Crippen molar-refractivity contribution in [2.75, 3.05) is 19.8 Å². The predicted octanol–water partition coefficient (Wildman–Crippen LogP) is 0.605. The van der Waals surface area contributed by atoms with Crippen LogP contribution in [0.15, 0.2) is 60.7 Å². The normalized spacial score (nSPS) is 27.2. The van der Waals surface area contributed by atoms with E-state index in [1.165, 1.54) is 0 Å². The van der Waals surface area contributed by atoms with Crippen LogP contribution >= 0.6 is 0 Å². The highest BCUT2D eigenvalue weighted by Gasteiger charge is 2.44. The zero-order chi connectivity index (χ0) is 22.1. The van der Waals surface area contributed by atoms with Gasteiger partial charge in [-0.3, -0.25) is 0 Å². The molecular formula is C23H30O8. The second-order valence-electron chi connectivity index (χ2n) is 7.45. The molecule has 1 saturated heterocycles. The molecule has 31 heavy (non-hydrogen) atoms. The standard InChI is InChI=1S/C23H30O8/c24-11-19-20(25)21(26)22(27)23(31-19)30-15-18(29-13-17-9-5-2-6-10-17)14-28-12-16-7-3-1-4-8-16/h1-10,18-27H,11-15H2/t18-,19?,20?,21?,22?,23?/m0/s1. The highest BCUT2D eigenvalue weighted by atomic mass is 16.7. The van der Waals surface area contributed by atoms with E-state index in [9.17, 15) is 20.4 Å². The van der Waals surface area contributed by atoms with Gasteiger partial charge in [-0.1, -0.05) is 60.7 Å². The molecular weight excluding hydrogens is 404 g/mol. The van der Waals surface area contributed by atoms with Crippen molar-refractivity contribution in [3.8, 4) is 0 Å². The Labute approximate surface area is 181 Å². The van der Waals surface area contributed by atoms with Gasteiger partial charge in [0, 0.05) is 0 Å². The molecule has 0 amide bonds. The number of ether oxygens (including phenoxy) is 4. The molecule has 5 unspecified atom stereocenters. The summed E-state index contributed by atoms with van der Waals surface area (Å²) in [5.41, 5.74) is 2.02. The first-order valence-corrected chi connectivity index (χ1v) is 10.3. The monoisotopic (exact) mass is 434 g/mol. The van der Waals surface area contributed by atoms with Gasteiger partial charge in [-0.05, 0) is 11.1 Å². The van der Waals surface area contributed by atoms with Crippen LogP contribution in [0.1, 0.15) is 11.1 Å². The fourth-order valence-corrected chi connectivity index (χ4v) is 3.22. The maximum absolute atomic E-state index is 10.2. The van der Waals surface area contributed by atoms with Gasteiger partial charge in [0.15, 0.2) is 6.29 Å². The molecule has 2 aromatic carbocycles. The SMILES string of the molecule is OCC1OC(OC[C@H](COCc2ccccc2)OCc2ccccc2)C(O)C(O)C1O. The Morgan fingerprint density at radius 2 is 1.39 bits per heavy atom. The topological polar surface area (TPSA) is 118 Å². The van der Waals surface area contributed by atoms with Gasteiger partial charge in [-0.15, -0.1) is 0 Å². The Bertz CT molecular complexity index is 742. The first kappa shape index (κ1) is 23.8. The molecule has 8 heteroatoms. The van der Waals surface area contributed by atoms with E-state index in [2.05, 4.69) is 0 Å². The third-order valence-electron chi connectivity index (χ3n) is 5.04. The molecule has 1 heterocycles. The fourth-order valence-electron chi connectivity index (χ4n) is 3.22. The molecule has 3 rings (SSSR count). The predicted molar refractivity (Wildman–Crippen MR) is 111 cm³/mol. The van der Waals surface area contributed by atoms with E-state index < -0.39 is 43.4 Å². The fraction of sp³-hybridized carbons (Fsp3) is 0.478. The summed E-state index contributed by atoms with van der Waals surface area (Å²) in [7, 11) is 0. The lowest BCUT2D eigenvalue weighted by Gasteiger charge is -2.39. The second kappa shape index (κ2) is 12.2. The summed E-state index contributed by atoms with van der Waals surface area (Å²) >= 11 is 0. The quantitative estimate of drug-likeness (QED) is 0.406. The lowest BCUT2D eigenvalue weighted by atomic mass is 9.99. The summed E-state index contributed by atoms with van der Waals surface area (Å²) in [4.78, 5) is 0. The number of rotatable bonds is 11. The molecule has 0 spiro atoms. The first-order valence-electron chi connectivity index (χ1n) is 10.3. The zero-order valence-corrected chi connectivity index (χ0v) is 17.2. The van der Waals surface area contributed by atoms with E-state index in [1.54, 1.807) is 0 Å². The molecule has 1 aliphatic rings. The maximum Gasteiger partial charge on any atom is 0.186 e. The van der Waals surface area contributed by atoms with Gasteiger partial charge in [-0.2, -0.15) is 0 Å². The van der Waals surface area contributed by atoms with E-state index in [-0.39, 0.29) is 13.2 Å². The van der Waals surface area contributed by atoms with Gasteiger partial charge in [0.2, 0.25) is 0 Å². The number of aliphatic hydroxyl groups is 4. The van der Waals surface area contributed by atoms with Crippen LogP contribution in [0.25, 0.3) is 0 Å². The number of aliphatic hydroxyl groups excluding tert-OH is 4. The zero-order valence-electron chi connectivity index (χ0n) is 17.2. The second-order valence-corrected chi connectivity index (χ2v) is 7.45. The average Bonchev–Trinajstić information content (AvgIpc) is 2.81. The van der Waals surface area contributed by atoms with E-state index in [1.807, 2.05) is 60.7 Å². The molecule has 0 bridgehead atoms. The van der Waals surface area contributed by atoms with Gasteiger partial charge in [0.05, 0.1) is 33.0 Å². The van der Waals surface area contributed by atoms with Crippen molar-refractivity contribution in [2.45, 2.75) is 50.0 Å². The number of hydrogen-bond donors (Lipinski definition) is 4. The first-order chi connectivity index (χ1) is 15.1. The average molecular weight is 434 g/mol. The molecule has 170 valence electrons. The van der Waals surface area contributed by atoms with E-state index in [4.69, 9.17) is 18.9 Å². The van der Waals surface area contributed by atoms with Crippen molar-refractivity contribution in [1.29, 1.82) is 0 Å². The molecule has 0 radical (unpaired) electrons. The van der Waals surface area contributed by atoms with Crippen molar-refractivity contribution in [1.82, 2.24) is 0 Å². The summed E-state index contributed by atoms with van der Waals surface area (Å²) in [5, 5.41) is 39.3. The van der Waals surface area contributed by atoms with Gasteiger partial charge < -0.3 is 39.4 Å². The molecule has 1 fully saturated rings. The highest BCUT2D eigenvalue weighted by Crippen LogP contribution is 2.22. The Balaban J connectivity index is 1.55. The molecule has 0 saturated carbocycles. The van der Waals surface area contributed by atoms with Crippen LogP contribution in [-0.2, 0) is 32.2 Å². The molecule has 8 nitrogen and oxygen atoms in total. The van der Waals surface area contributed by atoms with E-state index in [0.29, 0.717) is 13.2 Å². The van der Waals surface area contributed by atoms with E-state index >= 15 is 0 Å². The van der Waals surface area contributed by atoms with Gasteiger partial charge in [-0.25, -0.2) is 0 Å². The Morgan fingerprint density at radius 1 is 0.774 bits per heavy atom. The molecule has 6 atom stereocenters. The van der Waals surface area contributed by atoms with Crippen molar-refractivity contribution >= 4 is 0 Å². The van der Waals surface area contributed by atoms with Crippen LogP contribution in [0, 0.1) is 0 Å². The van der Waals surface area contributed by atoms with Crippen molar-refractivity contribution < 1.29 is 39.4 Å². The summed E-state index contributed by atoms with van der Waals surface area (Å²) < 4.78 is 22.8. The van der Waals surface area contributed by atoms with Crippen molar-refractivity contribution in [3.05, 3.63) is 71.8 Å². The van der Waals surface area contributed by atoms with Gasteiger partial charge >= 0.3 is 0 Å². The number of hydrogen-bond acceptors (Lipinski definition) is 8. The van der Waals surface area contributed by atoms with Crippen LogP contribution in [0.3, 0.4) is 0 Å². The van der Waals surface area contributed by atoms with Crippen LogP contribution in [0.5, 0.6) is 0 Å². The summed E-state index contributed by atoms with van der Waals surface area (Å²) in [6, 6.07) is 19.4. The minimum atomic E-state index is -1.49. The van der Waals surface area contributed by atoms with E-state index in [0.717, 1.165) is 11.1 Å². The van der Waals surface area contributed by atoms with Gasteiger partial charge in [0.25, 0.3) is 0 Å². The molecule has 0 aliphatic carbocycles. The summed E-state index contributed by atoms with van der Waals surface area (Å²) in [6.45, 7) is 0.493. The smallest absolute Gasteiger partial charge is 0.186 e. The maximum atomic E-state index is 10.2. The highest BCUT2D eigenvalue weighted by molar-refractivity contribution is 5.14. The van der Waals surface area contributed by atoms with Crippen LogP contribution in [-0.4, -0.2) is 77.1 Å². The Morgan fingerprint density at radius 3 is 2.00 bits per heavy atom. The largest absolute Gasteiger partial charge is 0.394 e. The van der Waals surface area contributed by atoms with Crippen LogP contribution in [0.2, 0.25) is 0 Å². The van der Waals surface area contributed by atoms with Crippen LogP contribution < -0.4 is 0 Å².